The first-order valence-corrected chi connectivity index (χ1v) is 10.3. The van der Waals surface area contributed by atoms with E-state index < -0.39 is 24.4 Å². The number of ketones is 1. The van der Waals surface area contributed by atoms with Crippen LogP contribution in [0.3, 0.4) is 0 Å². The van der Waals surface area contributed by atoms with Crippen LogP contribution in [0, 0.1) is 5.92 Å². The zero-order valence-corrected chi connectivity index (χ0v) is 16.9. The number of H-pyrrole nitrogens is 1. The number of piperidine rings is 1. The summed E-state index contributed by atoms with van der Waals surface area (Å²) in [5.41, 5.74) is 1.24. The van der Waals surface area contributed by atoms with Crippen LogP contribution in [0.5, 0.6) is 0 Å². The average Bonchev–Trinajstić information content (AvgIpc) is 3.22. The van der Waals surface area contributed by atoms with Crippen LogP contribution in [0.4, 0.5) is 24.7 Å². The fourth-order valence-electron chi connectivity index (χ4n) is 4.17. The average molecular weight is 431 g/mol. The second-order valence-electron chi connectivity index (χ2n) is 7.94. The van der Waals surface area contributed by atoms with Gasteiger partial charge >= 0.3 is 6.18 Å². The minimum Gasteiger partial charge on any atom is -0.375 e. The summed E-state index contributed by atoms with van der Waals surface area (Å²) < 4.78 is 39.4. The fraction of sp³-hybridized carbons (Fsp3) is 0.409. The lowest BCUT2D eigenvalue weighted by Gasteiger charge is -2.34. The molecule has 164 valence electrons. The molecule has 2 N–H and O–H groups in total. The number of para-hydroxylation sites is 1. The van der Waals surface area contributed by atoms with Gasteiger partial charge in [0.25, 0.3) is 0 Å². The van der Waals surface area contributed by atoms with Crippen molar-refractivity contribution in [3.63, 3.8) is 0 Å². The minimum atomic E-state index is -4.43. The summed E-state index contributed by atoms with van der Waals surface area (Å²) in [6, 6.07) is 9.15. The van der Waals surface area contributed by atoms with E-state index in [2.05, 4.69) is 25.2 Å². The number of aromatic amines is 1. The van der Waals surface area contributed by atoms with Crippen LogP contribution in [0.2, 0.25) is 0 Å². The third-order valence-corrected chi connectivity index (χ3v) is 5.58. The molecule has 4 rings (SSSR count). The molecule has 0 spiro atoms. The Labute approximate surface area is 177 Å². The minimum absolute atomic E-state index is 0.0292. The smallest absolute Gasteiger partial charge is 0.375 e. The van der Waals surface area contributed by atoms with Crippen molar-refractivity contribution in [2.75, 3.05) is 23.3 Å². The number of benzene rings is 1. The van der Waals surface area contributed by atoms with Gasteiger partial charge in [-0.25, -0.2) is 9.97 Å². The zero-order chi connectivity index (χ0) is 21.8. The fourth-order valence-corrected chi connectivity index (χ4v) is 4.17. The molecule has 1 aromatic carbocycles. The first-order chi connectivity index (χ1) is 14.9. The number of halogens is 3. The number of fused-ring (bicyclic) bond motifs is 1. The van der Waals surface area contributed by atoms with Gasteiger partial charge in [-0.05, 0) is 37.0 Å². The first kappa shape index (κ1) is 21.1. The van der Waals surface area contributed by atoms with Gasteiger partial charge in [-0.1, -0.05) is 18.2 Å². The van der Waals surface area contributed by atoms with Gasteiger partial charge in [0.05, 0.1) is 17.8 Å². The summed E-state index contributed by atoms with van der Waals surface area (Å²) in [5.74, 6) is 0.346. The monoisotopic (exact) mass is 431 g/mol. The lowest BCUT2D eigenvalue weighted by molar-refractivity contribution is -0.145. The first-order valence-electron chi connectivity index (χ1n) is 10.3. The molecule has 0 amide bonds. The molecule has 1 aliphatic rings. The quantitative estimate of drug-likeness (QED) is 0.574. The Bertz CT molecular complexity index is 1020. The van der Waals surface area contributed by atoms with Gasteiger partial charge in [0, 0.05) is 31.4 Å². The van der Waals surface area contributed by atoms with Crippen molar-refractivity contribution in [3.8, 4) is 0 Å². The van der Waals surface area contributed by atoms with Gasteiger partial charge in [0.15, 0.2) is 5.78 Å². The largest absolute Gasteiger partial charge is 0.391 e. The molecule has 3 heterocycles. The van der Waals surface area contributed by atoms with Gasteiger partial charge in [0.1, 0.15) is 17.8 Å². The summed E-state index contributed by atoms with van der Waals surface area (Å²) in [7, 11) is 0. The van der Waals surface area contributed by atoms with E-state index in [0.29, 0.717) is 12.2 Å². The normalized spacial score (nSPS) is 18.2. The Morgan fingerprint density at radius 1 is 1.23 bits per heavy atom. The number of nitrogens with one attached hydrogen (secondary N) is 2. The van der Waals surface area contributed by atoms with Crippen molar-refractivity contribution >= 4 is 28.3 Å². The number of anilines is 2. The Hall–Kier alpha value is -3.10. The molecule has 2 atom stereocenters. The highest BCUT2D eigenvalue weighted by atomic mass is 19.4. The second-order valence-corrected chi connectivity index (χ2v) is 7.94. The molecule has 0 radical (unpaired) electrons. The van der Waals surface area contributed by atoms with Crippen molar-refractivity contribution in [1.29, 1.82) is 0 Å². The molecular weight excluding hydrogens is 407 g/mol. The Balaban J connectivity index is 1.45. The lowest BCUT2D eigenvalue weighted by Crippen LogP contribution is -2.40. The van der Waals surface area contributed by atoms with E-state index >= 15 is 0 Å². The molecule has 9 heteroatoms. The second kappa shape index (κ2) is 8.95. The molecule has 1 unspecified atom stereocenters. The van der Waals surface area contributed by atoms with E-state index in [4.69, 9.17) is 0 Å². The van der Waals surface area contributed by atoms with Crippen LogP contribution in [0.1, 0.15) is 25.7 Å². The number of Topliss-reactive ketones (excluding diaryl/α,β-unsaturated/α-hetero) is 1. The Morgan fingerprint density at radius 3 is 2.81 bits per heavy atom. The highest BCUT2D eigenvalue weighted by Gasteiger charge is 2.36. The van der Waals surface area contributed by atoms with E-state index in [1.807, 2.05) is 6.07 Å². The van der Waals surface area contributed by atoms with E-state index in [1.165, 1.54) is 6.33 Å². The van der Waals surface area contributed by atoms with E-state index in [-0.39, 0.29) is 12.3 Å². The maximum absolute atomic E-state index is 13.1. The number of nitrogens with zero attached hydrogens (tertiary/aromatic N) is 3. The maximum Gasteiger partial charge on any atom is 0.391 e. The Kier molecular flexibility index (Phi) is 6.11. The van der Waals surface area contributed by atoms with E-state index in [0.717, 1.165) is 36.2 Å². The number of aromatic nitrogens is 3. The molecular formula is C22H24F3N5O. The van der Waals surface area contributed by atoms with Gasteiger partial charge in [-0.2, -0.15) is 13.2 Å². The molecule has 1 aliphatic heterocycles. The molecule has 1 fully saturated rings. The summed E-state index contributed by atoms with van der Waals surface area (Å²) in [6.07, 6.45) is -0.582. The van der Waals surface area contributed by atoms with Crippen molar-refractivity contribution in [3.05, 3.63) is 48.9 Å². The summed E-state index contributed by atoms with van der Waals surface area (Å²) >= 11 is 0. The number of alkyl halides is 3. The van der Waals surface area contributed by atoms with Gasteiger partial charge < -0.3 is 15.2 Å². The molecule has 3 aromatic rings. The topological polar surface area (TPSA) is 73.9 Å². The lowest BCUT2D eigenvalue weighted by atomic mass is 9.90. The van der Waals surface area contributed by atoms with Gasteiger partial charge in [-0.15, -0.1) is 0 Å². The number of hydrogen-bond donors (Lipinski definition) is 2. The molecule has 6 nitrogen and oxygen atoms in total. The van der Waals surface area contributed by atoms with Crippen LogP contribution in [-0.2, 0) is 4.79 Å². The molecule has 0 aliphatic carbocycles. The number of carbonyl (C=O) groups excluding carboxylic acids is 1. The summed E-state index contributed by atoms with van der Waals surface area (Å²) in [4.78, 5) is 26.7. The van der Waals surface area contributed by atoms with Crippen LogP contribution in [-0.4, -0.2) is 46.0 Å². The van der Waals surface area contributed by atoms with Crippen molar-refractivity contribution < 1.29 is 18.0 Å². The van der Waals surface area contributed by atoms with Crippen molar-refractivity contribution in [2.45, 2.75) is 37.9 Å². The summed E-state index contributed by atoms with van der Waals surface area (Å²) in [5, 5.41) is 3.68. The Morgan fingerprint density at radius 2 is 2.03 bits per heavy atom. The molecule has 0 saturated carbocycles. The molecule has 31 heavy (non-hydrogen) atoms. The molecule has 2 aromatic heterocycles. The van der Waals surface area contributed by atoms with Crippen LogP contribution < -0.4 is 10.2 Å². The van der Waals surface area contributed by atoms with E-state index in [1.54, 1.807) is 36.5 Å². The van der Waals surface area contributed by atoms with E-state index in [9.17, 15) is 18.0 Å². The third kappa shape index (κ3) is 5.34. The predicted octanol–water partition coefficient (Wildman–Crippen LogP) is 4.57. The highest BCUT2D eigenvalue weighted by Crippen LogP contribution is 2.30. The molecule has 1 saturated heterocycles. The maximum atomic E-state index is 13.1. The van der Waals surface area contributed by atoms with Gasteiger partial charge in [-0.3, -0.25) is 4.79 Å². The third-order valence-electron chi connectivity index (χ3n) is 5.58. The highest BCUT2D eigenvalue weighted by molar-refractivity contribution is 5.88. The van der Waals surface area contributed by atoms with Gasteiger partial charge in [0.2, 0.25) is 0 Å². The van der Waals surface area contributed by atoms with Crippen LogP contribution in [0.25, 0.3) is 11.0 Å². The molecule has 0 bridgehead atoms. The van der Waals surface area contributed by atoms with Crippen molar-refractivity contribution in [2.24, 2.45) is 5.92 Å². The predicted molar refractivity (Wildman–Crippen MR) is 113 cm³/mol. The van der Waals surface area contributed by atoms with Crippen LogP contribution in [0.15, 0.2) is 48.9 Å². The van der Waals surface area contributed by atoms with Crippen LogP contribution >= 0.6 is 0 Å². The standard InChI is InChI=1S/C22H24F3N5O/c23-22(24,25)12-18(29-16-6-2-1-3-7-16)19(31)11-15-5-4-10-30(13-15)21-17-8-9-26-20(17)27-14-28-21/h1-3,6-9,14-15,18,29H,4-5,10-13H2,(H,26,27,28)/t15-,18?/m0/s1. The number of rotatable bonds is 7. The summed E-state index contributed by atoms with van der Waals surface area (Å²) in [6.45, 7) is 1.36. The zero-order valence-electron chi connectivity index (χ0n) is 16.9. The van der Waals surface area contributed by atoms with Crippen molar-refractivity contribution in [1.82, 2.24) is 15.0 Å². The number of carbonyl (C=O) groups is 1. The number of hydrogen-bond acceptors (Lipinski definition) is 5. The SMILES string of the molecule is O=C(C[C@@H]1CCCN(c2ncnc3[nH]ccc23)C1)C(CC(F)(F)F)Nc1ccccc1.